The molecule has 0 fully saturated rings. The molecule has 1 N–H and O–H groups in total. The number of pyridine rings is 1. The number of fused-ring (bicyclic) bond motifs is 1. The number of nitrogens with zero attached hydrogens (tertiary/aromatic N) is 1. The van der Waals surface area contributed by atoms with Crippen molar-refractivity contribution in [2.75, 3.05) is 0 Å². The molecule has 0 radical (unpaired) electrons. The van der Waals surface area contributed by atoms with Crippen LogP contribution in [0.4, 0.5) is 0 Å². The van der Waals surface area contributed by atoms with Crippen LogP contribution >= 0.6 is 11.8 Å². The Kier molecular flexibility index (Phi) is 5.39. The summed E-state index contributed by atoms with van der Waals surface area (Å²) in [4.78, 5) is 17.2. The zero-order chi connectivity index (χ0) is 17.8. The zero-order valence-corrected chi connectivity index (χ0v) is 15.6. The Morgan fingerprint density at radius 3 is 2.60 bits per heavy atom. The Bertz CT molecular complexity index is 893. The third-order valence-electron chi connectivity index (χ3n) is 4.16. The predicted octanol–water partition coefficient (Wildman–Crippen LogP) is 4.65. The third-order valence-corrected chi connectivity index (χ3v) is 5.36. The zero-order valence-electron chi connectivity index (χ0n) is 14.7. The lowest BCUT2D eigenvalue weighted by Gasteiger charge is -2.14. The number of aromatic nitrogens is 1. The lowest BCUT2D eigenvalue weighted by Crippen LogP contribution is -2.30. The number of amides is 1. The summed E-state index contributed by atoms with van der Waals surface area (Å²) in [5.74, 6) is 0.0277. The second kappa shape index (κ2) is 7.70. The summed E-state index contributed by atoms with van der Waals surface area (Å²) < 4.78 is 0. The monoisotopic (exact) mass is 350 g/mol. The van der Waals surface area contributed by atoms with Gasteiger partial charge in [-0.2, -0.15) is 0 Å². The molecule has 1 atom stereocenters. The first kappa shape index (κ1) is 17.5. The van der Waals surface area contributed by atoms with E-state index in [-0.39, 0.29) is 11.2 Å². The number of carbonyl (C=O) groups is 1. The van der Waals surface area contributed by atoms with E-state index in [0.717, 1.165) is 32.6 Å². The van der Waals surface area contributed by atoms with Crippen LogP contribution in [0, 0.1) is 13.8 Å². The van der Waals surface area contributed by atoms with Crippen LogP contribution in [0.1, 0.15) is 23.6 Å². The molecule has 1 heterocycles. The SMILES string of the molecule is Cc1cc2cccc(C)c2nc1S[C@@H](C)C(=O)NCc1ccccc1. The van der Waals surface area contributed by atoms with Crippen molar-refractivity contribution in [3.8, 4) is 0 Å². The van der Waals surface area contributed by atoms with Crippen LogP contribution in [0.2, 0.25) is 0 Å². The number of rotatable bonds is 5. The van der Waals surface area contributed by atoms with E-state index in [4.69, 9.17) is 4.98 Å². The number of para-hydroxylation sites is 1. The van der Waals surface area contributed by atoms with Crippen molar-refractivity contribution in [2.24, 2.45) is 0 Å². The van der Waals surface area contributed by atoms with Gasteiger partial charge in [0, 0.05) is 11.9 Å². The predicted molar refractivity (Wildman–Crippen MR) is 105 cm³/mol. The average Bonchev–Trinajstić information content (AvgIpc) is 2.62. The van der Waals surface area contributed by atoms with E-state index in [1.54, 1.807) is 0 Å². The van der Waals surface area contributed by atoms with E-state index in [0.29, 0.717) is 6.54 Å². The summed E-state index contributed by atoms with van der Waals surface area (Å²) in [6, 6.07) is 18.3. The maximum atomic E-state index is 12.4. The van der Waals surface area contributed by atoms with Crippen LogP contribution in [0.15, 0.2) is 59.6 Å². The molecule has 0 aliphatic rings. The highest BCUT2D eigenvalue weighted by Crippen LogP contribution is 2.28. The molecule has 0 bridgehead atoms. The van der Waals surface area contributed by atoms with Gasteiger partial charge in [-0.15, -0.1) is 0 Å². The van der Waals surface area contributed by atoms with Crippen molar-refractivity contribution in [2.45, 2.75) is 37.6 Å². The highest BCUT2D eigenvalue weighted by Gasteiger charge is 2.17. The standard InChI is InChI=1S/C21H22N2OS/c1-14-8-7-11-18-12-15(2)21(23-19(14)18)25-16(3)20(24)22-13-17-9-5-4-6-10-17/h4-12,16H,13H2,1-3H3,(H,22,24)/t16-/m0/s1. The third kappa shape index (κ3) is 4.20. The van der Waals surface area contributed by atoms with Crippen molar-refractivity contribution in [1.29, 1.82) is 0 Å². The van der Waals surface area contributed by atoms with Crippen LogP contribution in [-0.2, 0) is 11.3 Å². The minimum absolute atomic E-state index is 0.0277. The normalized spacial score (nSPS) is 12.1. The van der Waals surface area contributed by atoms with Crippen LogP contribution in [0.3, 0.4) is 0 Å². The number of thioether (sulfide) groups is 1. The molecule has 3 rings (SSSR count). The molecule has 2 aromatic carbocycles. The van der Waals surface area contributed by atoms with Gasteiger partial charge in [0.05, 0.1) is 10.8 Å². The van der Waals surface area contributed by atoms with Crippen LogP contribution in [-0.4, -0.2) is 16.1 Å². The van der Waals surface area contributed by atoms with Gasteiger partial charge in [-0.05, 0) is 43.5 Å². The lowest BCUT2D eigenvalue weighted by atomic mass is 10.1. The second-order valence-electron chi connectivity index (χ2n) is 6.22. The van der Waals surface area contributed by atoms with Crippen LogP contribution in [0.5, 0.6) is 0 Å². The minimum Gasteiger partial charge on any atom is -0.351 e. The highest BCUT2D eigenvalue weighted by atomic mass is 32.2. The van der Waals surface area contributed by atoms with Crippen molar-refractivity contribution in [1.82, 2.24) is 10.3 Å². The average molecular weight is 350 g/mol. The van der Waals surface area contributed by atoms with E-state index in [9.17, 15) is 4.79 Å². The summed E-state index contributed by atoms with van der Waals surface area (Å²) in [7, 11) is 0. The van der Waals surface area contributed by atoms with Gasteiger partial charge in [0.25, 0.3) is 0 Å². The Labute approximate surface area is 152 Å². The number of benzene rings is 2. The van der Waals surface area contributed by atoms with Gasteiger partial charge in [0.2, 0.25) is 5.91 Å². The topological polar surface area (TPSA) is 42.0 Å². The summed E-state index contributed by atoms with van der Waals surface area (Å²) in [5, 5.41) is 4.86. The Hall–Kier alpha value is -2.33. The first-order valence-electron chi connectivity index (χ1n) is 8.40. The number of aryl methyl sites for hydroxylation is 2. The maximum absolute atomic E-state index is 12.4. The molecule has 1 aromatic heterocycles. The second-order valence-corrected chi connectivity index (χ2v) is 7.55. The van der Waals surface area contributed by atoms with E-state index < -0.39 is 0 Å². The summed E-state index contributed by atoms with van der Waals surface area (Å²) >= 11 is 1.51. The lowest BCUT2D eigenvalue weighted by molar-refractivity contribution is -0.120. The van der Waals surface area contributed by atoms with Crippen LogP contribution in [0.25, 0.3) is 10.9 Å². The number of hydrogen-bond acceptors (Lipinski definition) is 3. The molecular weight excluding hydrogens is 328 g/mol. The molecule has 4 heteroatoms. The largest absolute Gasteiger partial charge is 0.351 e. The fraction of sp³-hybridized carbons (Fsp3) is 0.238. The van der Waals surface area contributed by atoms with Gasteiger partial charge in [0.15, 0.2) is 0 Å². The highest BCUT2D eigenvalue weighted by molar-refractivity contribution is 8.00. The molecule has 1 amide bonds. The van der Waals surface area contributed by atoms with Gasteiger partial charge in [-0.25, -0.2) is 4.98 Å². The molecule has 0 spiro atoms. The number of nitrogens with one attached hydrogen (secondary N) is 1. The smallest absolute Gasteiger partial charge is 0.233 e. The van der Waals surface area contributed by atoms with Crippen molar-refractivity contribution < 1.29 is 4.79 Å². The van der Waals surface area contributed by atoms with E-state index in [2.05, 4.69) is 30.4 Å². The van der Waals surface area contributed by atoms with Crippen molar-refractivity contribution in [3.63, 3.8) is 0 Å². The molecule has 0 saturated carbocycles. The fourth-order valence-corrected chi connectivity index (χ4v) is 3.62. The van der Waals surface area contributed by atoms with E-state index in [1.807, 2.05) is 50.2 Å². The molecular formula is C21H22N2OS. The molecule has 0 unspecified atom stereocenters. The van der Waals surface area contributed by atoms with Crippen molar-refractivity contribution in [3.05, 3.63) is 71.3 Å². The maximum Gasteiger partial charge on any atom is 0.233 e. The van der Waals surface area contributed by atoms with Gasteiger partial charge in [-0.1, -0.05) is 60.3 Å². The van der Waals surface area contributed by atoms with Gasteiger partial charge in [-0.3, -0.25) is 4.79 Å². The van der Waals surface area contributed by atoms with E-state index >= 15 is 0 Å². The molecule has 0 aliphatic heterocycles. The molecule has 0 aliphatic carbocycles. The number of carbonyl (C=O) groups excluding carboxylic acids is 1. The van der Waals surface area contributed by atoms with Gasteiger partial charge < -0.3 is 5.32 Å². The molecule has 3 aromatic rings. The van der Waals surface area contributed by atoms with Gasteiger partial charge in [0.1, 0.15) is 5.03 Å². The Morgan fingerprint density at radius 2 is 1.84 bits per heavy atom. The Morgan fingerprint density at radius 1 is 1.08 bits per heavy atom. The number of hydrogen-bond donors (Lipinski definition) is 1. The summed E-state index contributed by atoms with van der Waals surface area (Å²) in [6.07, 6.45) is 0. The fourth-order valence-electron chi connectivity index (χ4n) is 2.70. The quantitative estimate of drug-likeness (QED) is 0.681. The van der Waals surface area contributed by atoms with Crippen molar-refractivity contribution >= 4 is 28.6 Å². The Balaban J connectivity index is 1.70. The molecule has 25 heavy (non-hydrogen) atoms. The molecule has 3 nitrogen and oxygen atoms in total. The summed E-state index contributed by atoms with van der Waals surface area (Å²) in [6.45, 7) is 6.59. The van der Waals surface area contributed by atoms with E-state index in [1.165, 1.54) is 11.8 Å². The minimum atomic E-state index is -0.198. The van der Waals surface area contributed by atoms with Gasteiger partial charge >= 0.3 is 0 Å². The first-order chi connectivity index (χ1) is 12.0. The first-order valence-corrected chi connectivity index (χ1v) is 9.28. The van der Waals surface area contributed by atoms with Crippen LogP contribution < -0.4 is 5.32 Å². The molecule has 128 valence electrons. The molecule has 0 saturated heterocycles. The summed E-state index contributed by atoms with van der Waals surface area (Å²) in [5.41, 5.74) is 4.36.